The number of rotatable bonds is 6. The topological polar surface area (TPSA) is 212 Å². The predicted molar refractivity (Wildman–Crippen MR) is 90.7 cm³/mol. The first-order chi connectivity index (χ1) is 12.5. The molecule has 5 atom stereocenters. The van der Waals surface area contributed by atoms with Gasteiger partial charge in [-0.15, -0.1) is 0 Å². The number of aromatic nitrogens is 4. The lowest BCUT2D eigenvalue weighted by Crippen LogP contribution is -2.33. The molecule has 1 saturated heterocycles. The molecule has 27 heavy (non-hydrogen) atoms. The van der Waals surface area contributed by atoms with E-state index in [4.69, 9.17) is 19.5 Å². The normalized spacial score (nSPS) is 28.4. The summed E-state index contributed by atoms with van der Waals surface area (Å²) in [6.07, 6.45) is -2.85. The number of aliphatic hydroxyl groups is 2. The Morgan fingerprint density at radius 2 is 2.04 bits per heavy atom. The van der Waals surface area contributed by atoms with E-state index in [1.54, 1.807) is 0 Å². The van der Waals surface area contributed by atoms with E-state index in [1.807, 2.05) is 0 Å². The Morgan fingerprint density at radius 3 is 2.70 bits per heavy atom. The van der Waals surface area contributed by atoms with Crippen LogP contribution >= 0.6 is 6.72 Å². The van der Waals surface area contributed by atoms with Gasteiger partial charge in [0.2, 0.25) is 0 Å². The van der Waals surface area contributed by atoms with Crippen LogP contribution in [0.4, 0.5) is 5.82 Å². The largest absolute Gasteiger partial charge is 0.404 e. The number of hydrogen-bond acceptors (Lipinski definition) is 12. The summed E-state index contributed by atoms with van der Waals surface area (Å²) in [5.41, 5.74) is 6.18. The molecule has 3 rings (SSSR count). The summed E-state index contributed by atoms with van der Waals surface area (Å²) in [4.78, 5) is 21.4. The first kappa shape index (κ1) is 20.4. The molecule has 1 aliphatic heterocycles. The van der Waals surface area contributed by atoms with E-state index in [-0.39, 0.29) is 17.0 Å². The lowest BCUT2D eigenvalue weighted by atomic mass is 10.1. The average Bonchev–Trinajstić information content (AvgIpc) is 3.07. The van der Waals surface area contributed by atoms with Crippen LogP contribution in [0.15, 0.2) is 12.7 Å². The highest BCUT2D eigenvalue weighted by atomic mass is 32.5. The molecular formula is C10H14N5O9PS2. The standard InChI is InChI=1S/C10H14N5O9PS2/c11-8-5-9(13-2-12-8)15(3-14-5)10-7(17)6(16)4(23-10)1-22-25(18,26)24-27(19,20)21/h2-4,6-7,10,16-17H,1H2,(H,18,26)(H2,11,12,13)(H,19,20,21)/t4-,6-,7-,10-,25?/m1/s1. The zero-order valence-corrected chi connectivity index (χ0v) is 15.7. The Kier molecular flexibility index (Phi) is 5.48. The van der Waals surface area contributed by atoms with Crippen molar-refractivity contribution < 1.29 is 41.3 Å². The van der Waals surface area contributed by atoms with Gasteiger partial charge in [0.1, 0.15) is 30.2 Å². The van der Waals surface area contributed by atoms with Gasteiger partial charge in [0.15, 0.2) is 17.7 Å². The number of hydrogen-bond donors (Lipinski definition) is 5. The smallest absolute Gasteiger partial charge is 0.387 e. The maximum atomic E-state index is 10.6. The summed E-state index contributed by atoms with van der Waals surface area (Å²) in [6, 6.07) is 0. The van der Waals surface area contributed by atoms with Crippen LogP contribution in [0.25, 0.3) is 11.2 Å². The molecule has 150 valence electrons. The van der Waals surface area contributed by atoms with Crippen LogP contribution in [0.5, 0.6) is 0 Å². The van der Waals surface area contributed by atoms with Crippen molar-refractivity contribution in [1.29, 1.82) is 0 Å². The van der Waals surface area contributed by atoms with Gasteiger partial charge in [-0.25, -0.2) is 15.0 Å². The maximum absolute atomic E-state index is 10.6. The molecule has 0 saturated carbocycles. The van der Waals surface area contributed by atoms with E-state index in [2.05, 4.69) is 30.7 Å². The van der Waals surface area contributed by atoms with Crippen molar-refractivity contribution in [3.8, 4) is 0 Å². The van der Waals surface area contributed by atoms with E-state index < -0.39 is 48.3 Å². The van der Waals surface area contributed by atoms with Crippen LogP contribution < -0.4 is 5.73 Å². The summed E-state index contributed by atoms with van der Waals surface area (Å²) in [5.74, 6) is 0.106. The Morgan fingerprint density at radius 1 is 1.33 bits per heavy atom. The van der Waals surface area contributed by atoms with E-state index in [9.17, 15) is 23.5 Å². The number of nitrogens with two attached hydrogens (primary N) is 1. The van der Waals surface area contributed by atoms with Gasteiger partial charge in [-0.2, -0.15) is 12.4 Å². The number of imidazole rings is 1. The van der Waals surface area contributed by atoms with Crippen molar-refractivity contribution in [1.82, 2.24) is 19.5 Å². The third-order valence-corrected chi connectivity index (χ3v) is 6.44. The molecule has 0 spiro atoms. The van der Waals surface area contributed by atoms with Crippen molar-refractivity contribution in [2.75, 3.05) is 12.3 Å². The lowest BCUT2D eigenvalue weighted by molar-refractivity contribution is -0.0485. The number of ether oxygens (including phenoxy) is 1. The fourth-order valence-corrected chi connectivity index (χ4v) is 4.80. The summed E-state index contributed by atoms with van der Waals surface area (Å²) in [7, 11) is -5.05. The predicted octanol–water partition coefficient (Wildman–Crippen LogP) is -1.92. The molecule has 14 nitrogen and oxygen atoms in total. The minimum atomic E-state index is -5.05. The van der Waals surface area contributed by atoms with Gasteiger partial charge in [-0.05, 0) is 11.8 Å². The summed E-state index contributed by atoms with van der Waals surface area (Å²) < 4.78 is 45.2. The van der Waals surface area contributed by atoms with E-state index >= 15 is 0 Å². The number of aliphatic hydroxyl groups excluding tert-OH is 2. The van der Waals surface area contributed by atoms with Gasteiger partial charge in [0.05, 0.1) is 12.9 Å². The molecule has 0 aliphatic carbocycles. The third-order valence-electron chi connectivity index (χ3n) is 3.59. The minimum Gasteiger partial charge on any atom is -0.387 e. The van der Waals surface area contributed by atoms with Gasteiger partial charge in [-0.3, -0.25) is 9.12 Å². The molecule has 1 unspecified atom stereocenters. The van der Waals surface area contributed by atoms with Gasteiger partial charge in [0, 0.05) is 0 Å². The van der Waals surface area contributed by atoms with Crippen LogP contribution in [0.3, 0.4) is 0 Å². The van der Waals surface area contributed by atoms with Gasteiger partial charge < -0.3 is 30.1 Å². The molecule has 1 aliphatic rings. The van der Waals surface area contributed by atoms with Gasteiger partial charge >= 0.3 is 17.1 Å². The zero-order valence-electron chi connectivity index (χ0n) is 13.1. The number of nitrogens with zero attached hydrogens (tertiary/aromatic N) is 4. The fraction of sp³-hybridized carbons (Fsp3) is 0.500. The van der Waals surface area contributed by atoms with Crippen LogP contribution in [0, 0.1) is 0 Å². The molecule has 0 radical (unpaired) electrons. The summed E-state index contributed by atoms with van der Waals surface area (Å²) >= 11 is 4.42. The van der Waals surface area contributed by atoms with Crippen molar-refractivity contribution in [3.63, 3.8) is 0 Å². The Bertz CT molecular complexity index is 1000. The molecule has 0 aromatic carbocycles. The Labute approximate surface area is 156 Å². The van der Waals surface area contributed by atoms with Crippen LogP contribution in [-0.2, 0) is 35.4 Å². The molecule has 0 bridgehead atoms. The van der Waals surface area contributed by atoms with Crippen molar-refractivity contribution in [2.24, 2.45) is 0 Å². The van der Waals surface area contributed by atoms with Crippen molar-refractivity contribution in [2.45, 2.75) is 24.5 Å². The number of nitrogen functional groups attached to an aromatic ring is 1. The van der Waals surface area contributed by atoms with Crippen molar-refractivity contribution in [3.05, 3.63) is 12.7 Å². The second-order valence-corrected chi connectivity index (χ2v) is 9.43. The maximum Gasteiger partial charge on any atom is 0.404 e. The van der Waals surface area contributed by atoms with Gasteiger partial charge in [-0.1, -0.05) is 0 Å². The third kappa shape index (κ3) is 4.40. The minimum absolute atomic E-state index is 0.106. The first-order valence-electron chi connectivity index (χ1n) is 7.09. The molecule has 3 heterocycles. The fourth-order valence-electron chi connectivity index (χ4n) is 2.46. The average molecular weight is 443 g/mol. The van der Waals surface area contributed by atoms with Crippen LogP contribution in [-0.4, -0.2) is 72.5 Å². The summed E-state index contributed by atoms with van der Waals surface area (Å²) in [6.45, 7) is -5.01. The van der Waals surface area contributed by atoms with E-state index in [0.717, 1.165) is 0 Å². The molecule has 6 N–H and O–H groups in total. The Hall–Kier alpha value is -1.33. The SMILES string of the molecule is Nc1ncnc2c1ncn2[C@@H]1O[C@H](COP(O)(=S)OS(=O)(=O)O)[C@@H](O)[C@H]1O. The van der Waals surface area contributed by atoms with Crippen molar-refractivity contribution >= 4 is 45.9 Å². The Balaban J connectivity index is 1.76. The quantitative estimate of drug-likeness (QED) is 0.243. The molecule has 2 aromatic rings. The lowest BCUT2D eigenvalue weighted by Gasteiger charge is -2.18. The summed E-state index contributed by atoms with van der Waals surface area (Å²) in [5, 5.41) is 20.4. The monoisotopic (exact) mass is 443 g/mol. The highest BCUT2D eigenvalue weighted by Gasteiger charge is 2.45. The zero-order chi connectivity index (χ0) is 20.0. The molecule has 0 amide bonds. The second kappa shape index (κ2) is 7.25. The highest BCUT2D eigenvalue weighted by molar-refractivity contribution is 8.10. The van der Waals surface area contributed by atoms with Gasteiger partial charge in [0.25, 0.3) is 0 Å². The van der Waals surface area contributed by atoms with E-state index in [1.165, 1.54) is 17.2 Å². The molecule has 17 heteroatoms. The van der Waals surface area contributed by atoms with E-state index in [0.29, 0.717) is 0 Å². The highest BCUT2D eigenvalue weighted by Crippen LogP contribution is 2.46. The van der Waals surface area contributed by atoms with Crippen LogP contribution in [0.2, 0.25) is 0 Å². The molecule has 1 fully saturated rings. The molecule has 2 aromatic heterocycles. The van der Waals surface area contributed by atoms with Crippen LogP contribution in [0.1, 0.15) is 6.23 Å². The molecular weight excluding hydrogens is 429 g/mol. The number of fused-ring (bicyclic) bond motifs is 1. The first-order valence-corrected chi connectivity index (χ1v) is 11.0. The second-order valence-electron chi connectivity index (χ2n) is 5.40. The number of anilines is 1.